The van der Waals surface area contributed by atoms with Gasteiger partial charge in [-0.05, 0) is 12.5 Å². The SMILES string of the molecule is COC(=O)c1csc(CCOC(C)=O)c1C. The zero-order valence-corrected chi connectivity index (χ0v) is 10.3. The van der Waals surface area contributed by atoms with Crippen molar-refractivity contribution in [3.8, 4) is 0 Å². The van der Waals surface area contributed by atoms with Crippen LogP contribution in [0.2, 0.25) is 0 Å². The second-order valence-electron chi connectivity index (χ2n) is 3.28. The van der Waals surface area contributed by atoms with Crippen molar-refractivity contribution in [1.82, 2.24) is 0 Å². The predicted molar refractivity (Wildman–Crippen MR) is 60.7 cm³/mol. The first kappa shape index (κ1) is 12.7. The summed E-state index contributed by atoms with van der Waals surface area (Å²) in [5.74, 6) is -0.616. The Bertz CT molecular complexity index is 395. The molecule has 0 amide bonds. The summed E-state index contributed by atoms with van der Waals surface area (Å²) in [6, 6.07) is 0. The maximum Gasteiger partial charge on any atom is 0.338 e. The molecule has 0 fully saturated rings. The molecule has 1 rings (SSSR count). The smallest absolute Gasteiger partial charge is 0.338 e. The molecule has 0 aromatic carbocycles. The van der Waals surface area contributed by atoms with E-state index in [-0.39, 0.29) is 11.9 Å². The summed E-state index contributed by atoms with van der Waals surface area (Å²) >= 11 is 1.48. The number of methoxy groups -OCH3 is 1. The molecule has 0 N–H and O–H groups in total. The van der Waals surface area contributed by atoms with E-state index in [2.05, 4.69) is 4.74 Å². The fourth-order valence-corrected chi connectivity index (χ4v) is 2.32. The first-order valence-electron chi connectivity index (χ1n) is 4.85. The van der Waals surface area contributed by atoms with Gasteiger partial charge >= 0.3 is 11.9 Å². The lowest BCUT2D eigenvalue weighted by atomic mass is 10.1. The van der Waals surface area contributed by atoms with E-state index < -0.39 is 0 Å². The van der Waals surface area contributed by atoms with Crippen molar-refractivity contribution in [3.05, 3.63) is 21.4 Å². The predicted octanol–water partition coefficient (Wildman–Crippen LogP) is 1.95. The number of esters is 2. The summed E-state index contributed by atoms with van der Waals surface area (Å²) in [6.07, 6.45) is 0.632. The number of ether oxygens (including phenoxy) is 2. The maximum absolute atomic E-state index is 11.3. The highest BCUT2D eigenvalue weighted by Gasteiger charge is 2.14. The summed E-state index contributed by atoms with van der Waals surface area (Å²) in [6.45, 7) is 3.59. The fraction of sp³-hybridized carbons (Fsp3) is 0.455. The van der Waals surface area contributed by atoms with Gasteiger partial charge in [0.25, 0.3) is 0 Å². The van der Waals surface area contributed by atoms with Crippen molar-refractivity contribution in [2.75, 3.05) is 13.7 Å². The molecule has 0 radical (unpaired) electrons. The van der Waals surface area contributed by atoms with Gasteiger partial charge in [-0.2, -0.15) is 0 Å². The van der Waals surface area contributed by atoms with Crippen LogP contribution in [0.25, 0.3) is 0 Å². The number of rotatable bonds is 4. The highest BCUT2D eigenvalue weighted by Crippen LogP contribution is 2.23. The van der Waals surface area contributed by atoms with Crippen LogP contribution in [-0.2, 0) is 20.7 Å². The van der Waals surface area contributed by atoms with E-state index in [0.717, 1.165) is 10.4 Å². The zero-order chi connectivity index (χ0) is 12.1. The highest BCUT2D eigenvalue weighted by molar-refractivity contribution is 7.10. The van der Waals surface area contributed by atoms with Gasteiger partial charge < -0.3 is 9.47 Å². The number of carbonyl (C=O) groups excluding carboxylic acids is 2. The lowest BCUT2D eigenvalue weighted by molar-refractivity contribution is -0.140. The van der Waals surface area contributed by atoms with Crippen LogP contribution in [0.15, 0.2) is 5.38 Å². The normalized spacial score (nSPS) is 9.94. The number of hydrogen-bond acceptors (Lipinski definition) is 5. The van der Waals surface area contributed by atoms with Gasteiger partial charge in [-0.15, -0.1) is 11.3 Å². The van der Waals surface area contributed by atoms with Crippen molar-refractivity contribution < 1.29 is 19.1 Å². The molecule has 0 aliphatic carbocycles. The minimum atomic E-state index is -0.326. The molecule has 0 unspecified atom stereocenters. The minimum Gasteiger partial charge on any atom is -0.465 e. The number of hydrogen-bond donors (Lipinski definition) is 0. The molecule has 1 aromatic rings. The van der Waals surface area contributed by atoms with E-state index in [0.29, 0.717) is 18.6 Å². The molecule has 4 nitrogen and oxygen atoms in total. The average Bonchev–Trinajstić information content (AvgIpc) is 2.59. The molecule has 0 aliphatic rings. The molecule has 1 aromatic heterocycles. The Hall–Kier alpha value is -1.36. The summed E-state index contributed by atoms with van der Waals surface area (Å²) in [4.78, 5) is 23.0. The van der Waals surface area contributed by atoms with E-state index >= 15 is 0 Å². The van der Waals surface area contributed by atoms with Crippen molar-refractivity contribution in [2.45, 2.75) is 20.3 Å². The molecule has 5 heteroatoms. The number of carbonyl (C=O) groups is 2. The zero-order valence-electron chi connectivity index (χ0n) is 9.53. The summed E-state index contributed by atoms with van der Waals surface area (Å²) < 4.78 is 9.50. The second kappa shape index (κ2) is 5.65. The van der Waals surface area contributed by atoms with Crippen LogP contribution < -0.4 is 0 Å². The van der Waals surface area contributed by atoms with Crippen LogP contribution in [-0.4, -0.2) is 25.7 Å². The Morgan fingerprint density at radius 2 is 2.12 bits per heavy atom. The molecular formula is C11H14O4S. The van der Waals surface area contributed by atoms with Gasteiger partial charge in [0.15, 0.2) is 0 Å². The Morgan fingerprint density at radius 3 is 2.69 bits per heavy atom. The quantitative estimate of drug-likeness (QED) is 0.757. The van der Waals surface area contributed by atoms with Crippen LogP contribution >= 0.6 is 11.3 Å². The third-order valence-electron chi connectivity index (χ3n) is 2.18. The molecule has 0 atom stereocenters. The van der Waals surface area contributed by atoms with Crippen LogP contribution in [0.3, 0.4) is 0 Å². The Balaban J connectivity index is 2.65. The van der Waals surface area contributed by atoms with E-state index in [9.17, 15) is 9.59 Å². The largest absolute Gasteiger partial charge is 0.465 e. The van der Waals surface area contributed by atoms with E-state index in [1.807, 2.05) is 6.92 Å². The van der Waals surface area contributed by atoms with Gasteiger partial charge in [-0.1, -0.05) is 0 Å². The second-order valence-corrected chi connectivity index (χ2v) is 4.24. The molecular weight excluding hydrogens is 228 g/mol. The highest BCUT2D eigenvalue weighted by atomic mass is 32.1. The van der Waals surface area contributed by atoms with Gasteiger partial charge in [0.05, 0.1) is 19.3 Å². The summed E-state index contributed by atoms with van der Waals surface area (Å²) in [5, 5.41) is 1.77. The van der Waals surface area contributed by atoms with Gasteiger partial charge in [0, 0.05) is 23.6 Å². The summed E-state index contributed by atoms with van der Waals surface area (Å²) in [7, 11) is 1.36. The lowest BCUT2D eigenvalue weighted by Crippen LogP contribution is -2.04. The van der Waals surface area contributed by atoms with E-state index in [1.165, 1.54) is 25.4 Å². The van der Waals surface area contributed by atoms with E-state index in [1.54, 1.807) is 5.38 Å². The first-order chi connectivity index (χ1) is 7.56. The molecule has 0 saturated heterocycles. The van der Waals surface area contributed by atoms with Gasteiger partial charge in [-0.25, -0.2) is 4.79 Å². The third-order valence-corrected chi connectivity index (χ3v) is 3.33. The van der Waals surface area contributed by atoms with Crippen molar-refractivity contribution in [3.63, 3.8) is 0 Å². The van der Waals surface area contributed by atoms with Gasteiger partial charge in [0.1, 0.15) is 0 Å². The molecule has 0 spiro atoms. The Labute approximate surface area is 98.2 Å². The Morgan fingerprint density at radius 1 is 1.44 bits per heavy atom. The van der Waals surface area contributed by atoms with Gasteiger partial charge in [-0.3, -0.25) is 4.79 Å². The van der Waals surface area contributed by atoms with Crippen molar-refractivity contribution >= 4 is 23.3 Å². The monoisotopic (exact) mass is 242 g/mol. The van der Waals surface area contributed by atoms with Crippen molar-refractivity contribution in [1.29, 1.82) is 0 Å². The van der Waals surface area contributed by atoms with Crippen LogP contribution in [0.1, 0.15) is 27.7 Å². The standard InChI is InChI=1S/C11H14O4S/c1-7-9(11(13)14-3)6-16-10(7)4-5-15-8(2)12/h6H,4-5H2,1-3H3. The summed E-state index contributed by atoms with van der Waals surface area (Å²) in [5.41, 5.74) is 1.49. The fourth-order valence-electron chi connectivity index (χ4n) is 1.30. The molecule has 0 saturated carbocycles. The van der Waals surface area contributed by atoms with Crippen LogP contribution in [0.4, 0.5) is 0 Å². The van der Waals surface area contributed by atoms with Crippen LogP contribution in [0.5, 0.6) is 0 Å². The molecule has 16 heavy (non-hydrogen) atoms. The van der Waals surface area contributed by atoms with Crippen LogP contribution in [0, 0.1) is 6.92 Å². The minimum absolute atomic E-state index is 0.289. The first-order valence-corrected chi connectivity index (χ1v) is 5.73. The maximum atomic E-state index is 11.3. The average molecular weight is 242 g/mol. The lowest BCUT2D eigenvalue weighted by Gasteiger charge is -2.02. The third kappa shape index (κ3) is 3.06. The van der Waals surface area contributed by atoms with Gasteiger partial charge in [0.2, 0.25) is 0 Å². The van der Waals surface area contributed by atoms with Crippen molar-refractivity contribution in [2.24, 2.45) is 0 Å². The molecule has 0 bridgehead atoms. The topological polar surface area (TPSA) is 52.6 Å². The number of thiophene rings is 1. The molecule has 88 valence electrons. The Kier molecular flexibility index (Phi) is 4.49. The molecule has 1 heterocycles. The molecule has 0 aliphatic heterocycles. The van der Waals surface area contributed by atoms with E-state index in [4.69, 9.17) is 4.74 Å².